The molecular weight excluding hydrogens is 319 g/mol. The number of hydrogen-bond acceptors (Lipinski definition) is 4. The zero-order chi connectivity index (χ0) is 17.0. The molecule has 7 heteroatoms. The van der Waals surface area contributed by atoms with E-state index < -0.39 is 10.0 Å². The van der Waals surface area contributed by atoms with Crippen LogP contribution in [-0.4, -0.2) is 62.2 Å². The van der Waals surface area contributed by atoms with Crippen LogP contribution in [0.4, 0.5) is 4.39 Å². The highest BCUT2D eigenvalue weighted by atomic mass is 32.2. The molecule has 0 unspecified atom stereocenters. The van der Waals surface area contributed by atoms with Gasteiger partial charge in [-0.05, 0) is 44.5 Å². The highest BCUT2D eigenvalue weighted by Crippen LogP contribution is 2.20. The summed E-state index contributed by atoms with van der Waals surface area (Å²) in [5, 5.41) is 0. The Morgan fingerprint density at radius 3 is 2.43 bits per heavy atom. The van der Waals surface area contributed by atoms with Gasteiger partial charge in [-0.3, -0.25) is 4.90 Å². The summed E-state index contributed by atoms with van der Waals surface area (Å²) in [5.41, 5.74) is 0. The third-order valence-electron chi connectivity index (χ3n) is 4.43. The number of nitrogens with zero attached hydrogens (tertiary/aromatic N) is 2. The first-order chi connectivity index (χ1) is 10.8. The Labute approximate surface area is 138 Å². The fraction of sp³-hybridized carbons (Fsp3) is 0.625. The van der Waals surface area contributed by atoms with Crippen LogP contribution in [0.2, 0.25) is 0 Å². The van der Waals surface area contributed by atoms with Crippen molar-refractivity contribution >= 4 is 10.0 Å². The second kappa shape index (κ2) is 7.59. The number of halogens is 1. The molecule has 2 atom stereocenters. The highest BCUT2D eigenvalue weighted by Gasteiger charge is 2.34. The van der Waals surface area contributed by atoms with Crippen molar-refractivity contribution in [1.82, 2.24) is 9.21 Å². The summed E-state index contributed by atoms with van der Waals surface area (Å²) >= 11 is 0. The van der Waals surface area contributed by atoms with E-state index in [1.165, 1.54) is 18.4 Å². The number of piperazine rings is 1. The third-order valence-corrected chi connectivity index (χ3v) is 5.80. The van der Waals surface area contributed by atoms with Gasteiger partial charge < -0.3 is 4.74 Å². The third kappa shape index (κ3) is 4.89. The summed E-state index contributed by atoms with van der Waals surface area (Å²) in [6.45, 7) is 6.68. The van der Waals surface area contributed by atoms with Crippen LogP contribution in [0.1, 0.15) is 20.3 Å². The van der Waals surface area contributed by atoms with Gasteiger partial charge in [-0.15, -0.1) is 0 Å². The van der Waals surface area contributed by atoms with Gasteiger partial charge in [-0.2, -0.15) is 4.31 Å². The molecule has 0 amide bonds. The van der Waals surface area contributed by atoms with E-state index in [0.717, 1.165) is 19.5 Å². The molecule has 0 aliphatic carbocycles. The molecule has 1 aromatic rings. The molecule has 1 aliphatic heterocycles. The van der Waals surface area contributed by atoms with Crippen molar-refractivity contribution in [3.05, 3.63) is 30.1 Å². The van der Waals surface area contributed by atoms with E-state index in [1.54, 1.807) is 16.4 Å². The monoisotopic (exact) mass is 344 g/mol. The first-order valence-corrected chi connectivity index (χ1v) is 9.73. The summed E-state index contributed by atoms with van der Waals surface area (Å²) in [6.07, 6.45) is 2.11. The Bertz CT molecular complexity index is 606. The predicted octanol–water partition coefficient (Wildman–Crippen LogP) is 1.95. The van der Waals surface area contributed by atoms with E-state index in [1.807, 2.05) is 6.92 Å². The lowest BCUT2D eigenvalue weighted by atomic mass is 10.1. The zero-order valence-electron chi connectivity index (χ0n) is 13.9. The van der Waals surface area contributed by atoms with E-state index in [9.17, 15) is 12.8 Å². The first-order valence-electron chi connectivity index (χ1n) is 7.88. The summed E-state index contributed by atoms with van der Waals surface area (Å²) < 4.78 is 43.5. The normalized spacial score (nSPS) is 23.8. The number of ether oxygens (including phenoxy) is 1. The molecule has 1 saturated heterocycles. The van der Waals surface area contributed by atoms with E-state index >= 15 is 0 Å². The summed E-state index contributed by atoms with van der Waals surface area (Å²) in [5.74, 6) is 0.388. The topological polar surface area (TPSA) is 49.9 Å². The number of rotatable bonds is 6. The molecule has 1 fully saturated rings. The molecule has 0 bridgehead atoms. The van der Waals surface area contributed by atoms with Crippen LogP contribution in [0.3, 0.4) is 0 Å². The van der Waals surface area contributed by atoms with Gasteiger partial charge in [0.2, 0.25) is 10.0 Å². The fourth-order valence-corrected chi connectivity index (χ4v) is 4.15. The molecule has 1 aliphatic rings. The van der Waals surface area contributed by atoms with Crippen LogP contribution in [0.5, 0.6) is 5.75 Å². The van der Waals surface area contributed by atoms with Gasteiger partial charge >= 0.3 is 0 Å². The van der Waals surface area contributed by atoms with Gasteiger partial charge in [-0.25, -0.2) is 12.8 Å². The van der Waals surface area contributed by atoms with Crippen LogP contribution in [0.15, 0.2) is 24.3 Å². The van der Waals surface area contributed by atoms with E-state index in [4.69, 9.17) is 4.74 Å². The number of benzene rings is 1. The molecule has 2 rings (SSSR count). The quantitative estimate of drug-likeness (QED) is 0.740. The Hall–Kier alpha value is -1.18. The highest BCUT2D eigenvalue weighted by molar-refractivity contribution is 7.88. The minimum absolute atomic E-state index is 0.0308. The molecule has 5 nitrogen and oxygen atoms in total. The van der Waals surface area contributed by atoms with E-state index in [2.05, 4.69) is 11.8 Å². The second-order valence-electron chi connectivity index (χ2n) is 6.05. The van der Waals surface area contributed by atoms with Crippen LogP contribution >= 0.6 is 0 Å². The first kappa shape index (κ1) is 18.2. The second-order valence-corrected chi connectivity index (χ2v) is 7.98. The van der Waals surface area contributed by atoms with Gasteiger partial charge in [0.25, 0.3) is 0 Å². The van der Waals surface area contributed by atoms with Crippen molar-refractivity contribution in [2.75, 3.05) is 32.5 Å². The summed E-state index contributed by atoms with van der Waals surface area (Å²) in [4.78, 5) is 2.29. The van der Waals surface area contributed by atoms with Crippen molar-refractivity contribution in [3.63, 3.8) is 0 Å². The Morgan fingerprint density at radius 2 is 1.83 bits per heavy atom. The van der Waals surface area contributed by atoms with Crippen LogP contribution in [0, 0.1) is 5.82 Å². The van der Waals surface area contributed by atoms with Gasteiger partial charge in [0, 0.05) is 31.7 Å². The maximum atomic E-state index is 12.8. The van der Waals surface area contributed by atoms with Crippen molar-refractivity contribution in [3.8, 4) is 5.75 Å². The number of sulfonamides is 1. The van der Waals surface area contributed by atoms with Gasteiger partial charge in [0.1, 0.15) is 11.6 Å². The lowest BCUT2D eigenvalue weighted by molar-refractivity contribution is 0.0803. The van der Waals surface area contributed by atoms with Crippen molar-refractivity contribution in [2.45, 2.75) is 32.4 Å². The van der Waals surface area contributed by atoms with Crippen LogP contribution in [-0.2, 0) is 10.0 Å². The molecule has 0 N–H and O–H groups in total. The van der Waals surface area contributed by atoms with Crippen LogP contribution < -0.4 is 4.74 Å². The van der Waals surface area contributed by atoms with Crippen molar-refractivity contribution in [2.24, 2.45) is 0 Å². The predicted molar refractivity (Wildman–Crippen MR) is 88.6 cm³/mol. The largest absolute Gasteiger partial charge is 0.494 e. The molecule has 130 valence electrons. The van der Waals surface area contributed by atoms with Gasteiger partial charge in [0.05, 0.1) is 12.9 Å². The molecule has 0 radical (unpaired) electrons. The summed E-state index contributed by atoms with van der Waals surface area (Å²) in [6, 6.07) is 6.13. The molecular formula is C16H25FN2O3S. The van der Waals surface area contributed by atoms with Crippen LogP contribution in [0.25, 0.3) is 0 Å². The molecule has 0 aromatic heterocycles. The van der Waals surface area contributed by atoms with E-state index in [-0.39, 0.29) is 17.9 Å². The van der Waals surface area contributed by atoms with Crippen molar-refractivity contribution in [1.29, 1.82) is 0 Å². The summed E-state index contributed by atoms with van der Waals surface area (Å²) in [7, 11) is -3.14. The molecule has 1 aromatic carbocycles. The fourth-order valence-electron chi connectivity index (χ4n) is 2.95. The van der Waals surface area contributed by atoms with E-state index in [0.29, 0.717) is 18.9 Å². The minimum Gasteiger partial charge on any atom is -0.494 e. The average molecular weight is 344 g/mol. The SMILES string of the molecule is C[C@@H]1[C@H](C)N(CCCOc2ccc(F)cc2)CCN1S(C)(=O)=O. The maximum absolute atomic E-state index is 12.8. The molecule has 23 heavy (non-hydrogen) atoms. The average Bonchev–Trinajstić information content (AvgIpc) is 2.48. The minimum atomic E-state index is -3.14. The lowest BCUT2D eigenvalue weighted by Gasteiger charge is -2.43. The van der Waals surface area contributed by atoms with Gasteiger partial charge in [-0.1, -0.05) is 0 Å². The molecule has 0 saturated carbocycles. The Morgan fingerprint density at radius 1 is 1.17 bits per heavy atom. The maximum Gasteiger partial charge on any atom is 0.211 e. The standard InChI is InChI=1S/C16H25FN2O3S/c1-13-14(2)19(23(3,20)21)11-10-18(13)9-4-12-22-16-7-5-15(17)6-8-16/h5-8,13-14H,4,9-12H2,1-3H3/t13-,14+/m0/s1. The Kier molecular flexibility index (Phi) is 6.00. The Balaban J connectivity index is 1.77. The molecule has 1 heterocycles. The van der Waals surface area contributed by atoms with Gasteiger partial charge in [0.15, 0.2) is 0 Å². The zero-order valence-corrected chi connectivity index (χ0v) is 14.7. The smallest absolute Gasteiger partial charge is 0.211 e. The number of hydrogen-bond donors (Lipinski definition) is 0. The van der Waals surface area contributed by atoms with Crippen molar-refractivity contribution < 1.29 is 17.5 Å². The lowest BCUT2D eigenvalue weighted by Crippen LogP contribution is -2.58. The molecule has 0 spiro atoms.